The van der Waals surface area contributed by atoms with E-state index in [1.165, 1.54) is 6.07 Å². The number of alkyl halides is 3. The van der Waals surface area contributed by atoms with Crippen LogP contribution in [0.1, 0.15) is 37.8 Å². The van der Waals surface area contributed by atoms with Crippen LogP contribution >= 0.6 is 11.6 Å². The Morgan fingerprint density at radius 1 is 1.32 bits per heavy atom. The van der Waals surface area contributed by atoms with Crippen molar-refractivity contribution in [3.8, 4) is 0 Å². The topological polar surface area (TPSA) is 12.0 Å². The average molecular weight is 298 g/mol. The Kier molecular flexibility index (Phi) is 6.07. The molecular weight excluding hydrogens is 282 g/mol. The summed E-state index contributed by atoms with van der Waals surface area (Å²) in [5, 5.41) is 2.97. The van der Waals surface area contributed by atoms with Gasteiger partial charge in [0.15, 0.2) is 0 Å². The molecule has 0 spiro atoms. The monoisotopic (exact) mass is 297 g/mol. The van der Waals surface area contributed by atoms with E-state index in [4.69, 9.17) is 11.6 Å². The van der Waals surface area contributed by atoms with Crippen LogP contribution in [-0.2, 0) is 0 Å². The minimum absolute atomic E-state index is 0.0174. The molecule has 0 aliphatic rings. The van der Waals surface area contributed by atoms with Gasteiger partial charge in [0, 0.05) is 18.0 Å². The summed E-state index contributed by atoms with van der Waals surface area (Å²) >= 11 is 5.68. The molecule has 0 aromatic heterocycles. The summed E-state index contributed by atoms with van der Waals surface area (Å²) in [6, 6.07) is 4.10. The van der Waals surface area contributed by atoms with Gasteiger partial charge in [-0.1, -0.05) is 30.7 Å². The molecule has 0 radical (unpaired) electrons. The summed E-state index contributed by atoms with van der Waals surface area (Å²) < 4.78 is 50.2. The molecule has 0 aliphatic carbocycles. The molecule has 1 N–H and O–H groups in total. The summed E-state index contributed by atoms with van der Waals surface area (Å²) in [5.41, 5.74) is 0.316. The van der Waals surface area contributed by atoms with Crippen molar-refractivity contribution >= 4 is 11.6 Å². The lowest BCUT2D eigenvalue weighted by molar-refractivity contribution is -0.135. The van der Waals surface area contributed by atoms with Crippen LogP contribution in [0.5, 0.6) is 0 Å². The predicted molar refractivity (Wildman–Crippen MR) is 67.7 cm³/mol. The molecule has 0 amide bonds. The average Bonchev–Trinajstić information content (AvgIpc) is 2.30. The van der Waals surface area contributed by atoms with Crippen molar-refractivity contribution in [2.45, 2.75) is 38.4 Å². The van der Waals surface area contributed by atoms with Crippen molar-refractivity contribution < 1.29 is 17.6 Å². The number of rotatable bonds is 6. The Morgan fingerprint density at radius 3 is 2.58 bits per heavy atom. The zero-order valence-electron chi connectivity index (χ0n) is 10.5. The summed E-state index contributed by atoms with van der Waals surface area (Å²) in [6.45, 7) is 2.36. The van der Waals surface area contributed by atoms with E-state index in [1.54, 1.807) is 12.1 Å². The van der Waals surface area contributed by atoms with E-state index in [0.717, 1.165) is 0 Å². The van der Waals surface area contributed by atoms with Gasteiger partial charge in [-0.05, 0) is 25.5 Å². The number of benzene rings is 1. The first-order chi connectivity index (χ1) is 8.85. The van der Waals surface area contributed by atoms with E-state index in [1.807, 2.05) is 6.92 Å². The molecule has 1 aromatic carbocycles. The van der Waals surface area contributed by atoms with E-state index in [9.17, 15) is 17.6 Å². The highest BCUT2D eigenvalue weighted by molar-refractivity contribution is 6.30. The van der Waals surface area contributed by atoms with Gasteiger partial charge in [-0.2, -0.15) is 13.2 Å². The van der Waals surface area contributed by atoms with E-state index in [-0.39, 0.29) is 17.9 Å². The summed E-state index contributed by atoms with van der Waals surface area (Å²) in [4.78, 5) is 0. The Bertz CT molecular complexity index is 406. The van der Waals surface area contributed by atoms with Crippen LogP contribution in [0.3, 0.4) is 0 Å². The molecule has 1 aromatic rings. The van der Waals surface area contributed by atoms with Gasteiger partial charge in [-0.25, -0.2) is 4.39 Å². The van der Waals surface area contributed by atoms with E-state index in [0.29, 0.717) is 12.1 Å². The van der Waals surface area contributed by atoms with Gasteiger partial charge in [0.05, 0.1) is 5.02 Å². The molecule has 1 unspecified atom stereocenters. The van der Waals surface area contributed by atoms with E-state index >= 15 is 0 Å². The van der Waals surface area contributed by atoms with Crippen molar-refractivity contribution in [1.29, 1.82) is 0 Å². The van der Waals surface area contributed by atoms with Crippen LogP contribution in [-0.4, -0.2) is 12.7 Å². The van der Waals surface area contributed by atoms with Crippen LogP contribution in [0.25, 0.3) is 0 Å². The largest absolute Gasteiger partial charge is 0.389 e. The number of halogens is 5. The molecule has 1 nitrogen and oxygen atoms in total. The maximum atomic E-state index is 13.8. The van der Waals surface area contributed by atoms with Crippen molar-refractivity contribution in [3.63, 3.8) is 0 Å². The molecule has 1 atom stereocenters. The molecule has 6 heteroatoms. The third kappa shape index (κ3) is 5.37. The lowest BCUT2D eigenvalue weighted by Crippen LogP contribution is -2.22. The van der Waals surface area contributed by atoms with Gasteiger partial charge in [0.25, 0.3) is 0 Å². The molecule has 19 heavy (non-hydrogen) atoms. The van der Waals surface area contributed by atoms with Gasteiger partial charge in [0.1, 0.15) is 5.82 Å². The van der Waals surface area contributed by atoms with E-state index < -0.39 is 24.5 Å². The lowest BCUT2D eigenvalue weighted by Gasteiger charge is -2.19. The Labute approximate surface area is 115 Å². The molecular formula is C13H16ClF4N. The SMILES string of the molecule is CCNC(CCCC(F)(F)F)c1cccc(Cl)c1F. The van der Waals surface area contributed by atoms with Crippen LogP contribution in [0.2, 0.25) is 5.02 Å². The second kappa shape index (κ2) is 7.10. The number of hydrogen-bond acceptors (Lipinski definition) is 1. The van der Waals surface area contributed by atoms with Crippen LogP contribution in [0.15, 0.2) is 18.2 Å². The zero-order chi connectivity index (χ0) is 14.5. The summed E-state index contributed by atoms with van der Waals surface area (Å²) in [5.74, 6) is -0.567. The molecule has 0 saturated heterocycles. The highest BCUT2D eigenvalue weighted by atomic mass is 35.5. The summed E-state index contributed by atoms with van der Waals surface area (Å²) in [6.07, 6.45) is -4.88. The third-order valence-corrected chi connectivity index (χ3v) is 3.05. The first-order valence-corrected chi connectivity index (χ1v) is 6.47. The Hall–Kier alpha value is -0.810. The first kappa shape index (κ1) is 16.2. The first-order valence-electron chi connectivity index (χ1n) is 6.09. The van der Waals surface area contributed by atoms with Gasteiger partial charge in [-0.15, -0.1) is 0 Å². The smallest absolute Gasteiger partial charge is 0.310 e. The van der Waals surface area contributed by atoms with Crippen LogP contribution < -0.4 is 5.32 Å². The van der Waals surface area contributed by atoms with Crippen molar-refractivity contribution in [1.82, 2.24) is 5.32 Å². The molecule has 1 rings (SSSR count). The maximum absolute atomic E-state index is 13.8. The van der Waals surface area contributed by atoms with Crippen LogP contribution in [0.4, 0.5) is 17.6 Å². The standard InChI is InChI=1S/C13H16ClF4N/c1-2-19-11(7-4-8-13(16,17)18)9-5-3-6-10(14)12(9)15/h3,5-6,11,19H,2,4,7-8H2,1H3. The second-order valence-electron chi connectivity index (χ2n) is 4.26. The molecule has 108 valence electrons. The quantitative estimate of drug-likeness (QED) is 0.739. The molecule has 0 fully saturated rings. The highest BCUT2D eigenvalue weighted by Gasteiger charge is 2.27. The van der Waals surface area contributed by atoms with Gasteiger partial charge >= 0.3 is 6.18 Å². The molecule has 0 bridgehead atoms. The Morgan fingerprint density at radius 2 is 2.00 bits per heavy atom. The second-order valence-corrected chi connectivity index (χ2v) is 4.67. The van der Waals surface area contributed by atoms with Crippen molar-refractivity contribution in [2.24, 2.45) is 0 Å². The fraction of sp³-hybridized carbons (Fsp3) is 0.538. The zero-order valence-corrected chi connectivity index (χ0v) is 11.3. The van der Waals surface area contributed by atoms with Gasteiger partial charge < -0.3 is 5.32 Å². The van der Waals surface area contributed by atoms with Crippen molar-refractivity contribution in [2.75, 3.05) is 6.54 Å². The minimum Gasteiger partial charge on any atom is -0.310 e. The maximum Gasteiger partial charge on any atom is 0.389 e. The van der Waals surface area contributed by atoms with Crippen molar-refractivity contribution in [3.05, 3.63) is 34.6 Å². The van der Waals surface area contributed by atoms with Gasteiger partial charge in [-0.3, -0.25) is 0 Å². The fourth-order valence-electron chi connectivity index (χ4n) is 1.91. The molecule has 0 heterocycles. The number of hydrogen-bond donors (Lipinski definition) is 1. The normalized spacial score (nSPS) is 13.6. The fourth-order valence-corrected chi connectivity index (χ4v) is 2.09. The summed E-state index contributed by atoms with van der Waals surface area (Å²) in [7, 11) is 0. The minimum atomic E-state index is -4.18. The van der Waals surface area contributed by atoms with Gasteiger partial charge in [0.2, 0.25) is 0 Å². The lowest BCUT2D eigenvalue weighted by atomic mass is 10.00. The molecule has 0 aliphatic heterocycles. The van der Waals surface area contributed by atoms with Crippen LogP contribution in [0, 0.1) is 5.82 Å². The highest BCUT2D eigenvalue weighted by Crippen LogP contribution is 2.29. The molecule has 0 saturated carbocycles. The third-order valence-electron chi connectivity index (χ3n) is 2.76. The predicted octanol–water partition coefficient (Wildman–Crippen LogP) is 4.86. The van der Waals surface area contributed by atoms with E-state index in [2.05, 4.69) is 5.32 Å². The Balaban J connectivity index is 2.74. The number of nitrogens with one attached hydrogen (secondary N) is 1.